The fourth-order valence-corrected chi connectivity index (χ4v) is 3.94. The van der Waals surface area contributed by atoms with Crippen molar-refractivity contribution in [3.8, 4) is 0 Å². The minimum absolute atomic E-state index is 0.0390. The fraction of sp³-hybridized carbons (Fsp3) is 0.444. The number of aryl methyl sites for hydroxylation is 2. The SMILES string of the molecule is Cc1[nH]c(=O)sc1S(=O)(=O)NCCCc1ncn[nH]1. The van der Waals surface area contributed by atoms with Crippen LogP contribution in [0.4, 0.5) is 0 Å². The number of hydrogen-bond donors (Lipinski definition) is 3. The van der Waals surface area contributed by atoms with Crippen molar-refractivity contribution in [3.05, 3.63) is 27.5 Å². The van der Waals surface area contributed by atoms with Crippen LogP contribution < -0.4 is 9.60 Å². The Balaban J connectivity index is 1.91. The maximum Gasteiger partial charge on any atom is 0.305 e. The normalized spacial score (nSPS) is 11.8. The molecular weight excluding hydrogens is 290 g/mol. The largest absolute Gasteiger partial charge is 0.315 e. The monoisotopic (exact) mass is 303 g/mol. The average Bonchev–Trinajstić information content (AvgIpc) is 2.94. The molecule has 0 bridgehead atoms. The summed E-state index contributed by atoms with van der Waals surface area (Å²) in [5, 5.41) is 6.40. The lowest BCUT2D eigenvalue weighted by molar-refractivity contribution is 0.579. The molecule has 0 saturated carbocycles. The van der Waals surface area contributed by atoms with E-state index in [1.807, 2.05) is 0 Å². The smallest absolute Gasteiger partial charge is 0.305 e. The molecule has 0 spiro atoms. The van der Waals surface area contributed by atoms with E-state index in [0.717, 1.165) is 0 Å². The molecule has 104 valence electrons. The number of nitrogens with zero attached hydrogens (tertiary/aromatic N) is 2. The highest BCUT2D eigenvalue weighted by molar-refractivity contribution is 7.91. The molecule has 2 aromatic rings. The van der Waals surface area contributed by atoms with Crippen LogP contribution in [0, 0.1) is 6.92 Å². The number of aromatic nitrogens is 4. The summed E-state index contributed by atoms with van der Waals surface area (Å²) in [5.74, 6) is 0.710. The van der Waals surface area contributed by atoms with Gasteiger partial charge in [0.15, 0.2) is 4.21 Å². The van der Waals surface area contributed by atoms with Gasteiger partial charge in [-0.25, -0.2) is 18.1 Å². The first-order chi connectivity index (χ1) is 8.99. The van der Waals surface area contributed by atoms with E-state index >= 15 is 0 Å². The average molecular weight is 303 g/mol. The van der Waals surface area contributed by atoms with E-state index in [2.05, 4.69) is 24.9 Å². The minimum atomic E-state index is -3.62. The molecule has 0 aliphatic carbocycles. The molecular formula is C9H13N5O3S2. The van der Waals surface area contributed by atoms with Crippen LogP contribution in [0.25, 0.3) is 0 Å². The lowest BCUT2D eigenvalue weighted by atomic mass is 10.3. The van der Waals surface area contributed by atoms with Crippen molar-refractivity contribution in [1.29, 1.82) is 0 Å². The number of thiazole rings is 1. The second-order valence-corrected chi connectivity index (χ2v) is 6.81. The van der Waals surface area contributed by atoms with E-state index < -0.39 is 10.0 Å². The molecule has 0 amide bonds. The van der Waals surface area contributed by atoms with Crippen molar-refractivity contribution in [1.82, 2.24) is 24.9 Å². The van der Waals surface area contributed by atoms with Crippen LogP contribution in [0.1, 0.15) is 17.9 Å². The Labute approximate surface area is 113 Å². The summed E-state index contributed by atoms with van der Waals surface area (Å²) < 4.78 is 26.4. The molecule has 0 aliphatic heterocycles. The third kappa shape index (κ3) is 3.49. The Morgan fingerprint density at radius 1 is 1.47 bits per heavy atom. The van der Waals surface area contributed by atoms with Crippen LogP contribution in [0.15, 0.2) is 15.3 Å². The quantitative estimate of drug-likeness (QED) is 0.637. The minimum Gasteiger partial charge on any atom is -0.315 e. The predicted molar refractivity (Wildman–Crippen MR) is 69.6 cm³/mol. The molecule has 2 rings (SSSR count). The molecule has 0 aromatic carbocycles. The van der Waals surface area contributed by atoms with Crippen LogP contribution in [-0.4, -0.2) is 35.1 Å². The third-order valence-corrected chi connectivity index (χ3v) is 5.44. The molecule has 8 nitrogen and oxygen atoms in total. The first-order valence-electron chi connectivity index (χ1n) is 5.52. The lowest BCUT2D eigenvalue weighted by Gasteiger charge is -2.04. The summed E-state index contributed by atoms with van der Waals surface area (Å²) in [6, 6.07) is 0. The Bertz CT molecular complexity index is 686. The van der Waals surface area contributed by atoms with Gasteiger partial charge in [0, 0.05) is 18.7 Å². The van der Waals surface area contributed by atoms with Crippen LogP contribution in [0.5, 0.6) is 0 Å². The summed E-state index contributed by atoms with van der Waals surface area (Å²) >= 11 is 0.687. The van der Waals surface area contributed by atoms with Crippen molar-refractivity contribution >= 4 is 21.4 Å². The molecule has 2 aromatic heterocycles. The van der Waals surface area contributed by atoms with E-state index in [4.69, 9.17) is 0 Å². The molecule has 3 N–H and O–H groups in total. The highest BCUT2D eigenvalue weighted by Crippen LogP contribution is 2.15. The number of rotatable bonds is 6. The molecule has 0 fully saturated rings. The number of aromatic amines is 2. The highest BCUT2D eigenvalue weighted by atomic mass is 32.2. The first kappa shape index (κ1) is 13.9. The molecule has 10 heteroatoms. The first-order valence-corrected chi connectivity index (χ1v) is 7.82. The predicted octanol–water partition coefficient (Wildman–Crippen LogP) is -0.226. The Morgan fingerprint density at radius 3 is 2.84 bits per heavy atom. The summed E-state index contributed by atoms with van der Waals surface area (Å²) in [6.45, 7) is 1.83. The van der Waals surface area contributed by atoms with Crippen molar-refractivity contribution in [2.45, 2.75) is 24.0 Å². The molecule has 2 heterocycles. The number of H-pyrrole nitrogens is 2. The van der Waals surface area contributed by atoms with Gasteiger partial charge >= 0.3 is 4.87 Å². The zero-order valence-electron chi connectivity index (χ0n) is 10.1. The molecule has 0 saturated heterocycles. The zero-order valence-corrected chi connectivity index (χ0v) is 11.8. The van der Waals surface area contributed by atoms with Crippen molar-refractivity contribution < 1.29 is 8.42 Å². The van der Waals surface area contributed by atoms with Gasteiger partial charge < -0.3 is 4.98 Å². The second kappa shape index (κ2) is 5.63. The maximum absolute atomic E-state index is 11.9. The molecule has 0 atom stereocenters. The highest BCUT2D eigenvalue weighted by Gasteiger charge is 2.19. The number of sulfonamides is 1. The van der Waals surface area contributed by atoms with Gasteiger partial charge in [0.1, 0.15) is 12.2 Å². The fourth-order valence-electron chi connectivity index (χ4n) is 1.53. The van der Waals surface area contributed by atoms with Gasteiger partial charge in [0.05, 0.1) is 0 Å². The van der Waals surface area contributed by atoms with Crippen LogP contribution in [-0.2, 0) is 16.4 Å². The standard InChI is InChI=1S/C9H13N5O3S2/c1-6-8(18-9(15)13-6)19(16,17)12-4-2-3-7-10-5-11-14-7/h5,12H,2-4H2,1H3,(H,13,15)(H,10,11,14). The van der Waals surface area contributed by atoms with Gasteiger partial charge in [0.2, 0.25) is 0 Å². The summed E-state index contributed by atoms with van der Waals surface area (Å²) in [7, 11) is -3.62. The Kier molecular flexibility index (Phi) is 4.12. The number of nitrogens with one attached hydrogen (secondary N) is 3. The van der Waals surface area contributed by atoms with Crippen molar-refractivity contribution in [2.24, 2.45) is 0 Å². The summed E-state index contributed by atoms with van der Waals surface area (Å²) in [5.41, 5.74) is 0.359. The van der Waals surface area contributed by atoms with Gasteiger partial charge in [-0.3, -0.25) is 9.89 Å². The van der Waals surface area contributed by atoms with Crippen molar-refractivity contribution in [3.63, 3.8) is 0 Å². The van der Waals surface area contributed by atoms with E-state index in [9.17, 15) is 13.2 Å². The van der Waals surface area contributed by atoms with E-state index in [-0.39, 0.29) is 15.6 Å². The van der Waals surface area contributed by atoms with Crippen LogP contribution >= 0.6 is 11.3 Å². The van der Waals surface area contributed by atoms with Gasteiger partial charge in [-0.15, -0.1) is 0 Å². The zero-order chi connectivity index (χ0) is 13.9. The molecule has 19 heavy (non-hydrogen) atoms. The van der Waals surface area contributed by atoms with E-state index in [1.165, 1.54) is 6.33 Å². The van der Waals surface area contributed by atoms with Gasteiger partial charge in [0.25, 0.3) is 10.0 Å². The maximum atomic E-state index is 11.9. The van der Waals surface area contributed by atoms with Gasteiger partial charge in [-0.05, 0) is 13.3 Å². The van der Waals surface area contributed by atoms with Crippen LogP contribution in [0.2, 0.25) is 0 Å². The third-order valence-electron chi connectivity index (χ3n) is 2.37. The molecule has 0 aliphatic rings. The Morgan fingerprint density at radius 2 is 2.26 bits per heavy atom. The second-order valence-electron chi connectivity index (χ2n) is 3.86. The summed E-state index contributed by atoms with van der Waals surface area (Å²) in [4.78, 5) is 17.1. The van der Waals surface area contributed by atoms with E-state index in [0.29, 0.717) is 35.7 Å². The van der Waals surface area contributed by atoms with Gasteiger partial charge in [-0.1, -0.05) is 11.3 Å². The topological polar surface area (TPSA) is 121 Å². The van der Waals surface area contributed by atoms with Crippen LogP contribution in [0.3, 0.4) is 0 Å². The molecule has 0 radical (unpaired) electrons. The van der Waals surface area contributed by atoms with E-state index in [1.54, 1.807) is 6.92 Å². The van der Waals surface area contributed by atoms with Gasteiger partial charge in [-0.2, -0.15) is 5.10 Å². The summed E-state index contributed by atoms with van der Waals surface area (Å²) in [6.07, 6.45) is 2.60. The van der Waals surface area contributed by atoms with Crippen molar-refractivity contribution in [2.75, 3.05) is 6.54 Å². The lowest BCUT2D eigenvalue weighted by Crippen LogP contribution is -2.25. The molecule has 0 unspecified atom stereocenters. The Hall–Kier alpha value is -1.52. The number of hydrogen-bond acceptors (Lipinski definition) is 6.